The highest BCUT2D eigenvalue weighted by Gasteiger charge is 2.25. The zero-order valence-electron chi connectivity index (χ0n) is 14.6. The Morgan fingerprint density at radius 3 is 2.32 bits per heavy atom. The third-order valence-electron chi connectivity index (χ3n) is 4.77. The summed E-state index contributed by atoms with van der Waals surface area (Å²) in [6.45, 7) is 5.98. The Morgan fingerprint density at radius 2 is 1.68 bits per heavy atom. The van der Waals surface area contributed by atoms with Crippen LogP contribution in [-0.4, -0.2) is 48.1 Å². The molecule has 5 heteroatoms. The highest BCUT2D eigenvalue weighted by Crippen LogP contribution is 2.20. The van der Waals surface area contributed by atoms with Crippen LogP contribution in [0.5, 0.6) is 5.75 Å². The van der Waals surface area contributed by atoms with Gasteiger partial charge in [-0.15, -0.1) is 0 Å². The van der Waals surface area contributed by atoms with Crippen molar-refractivity contribution in [3.63, 3.8) is 0 Å². The average Bonchev–Trinajstić information content (AvgIpc) is 2.67. The van der Waals surface area contributed by atoms with Gasteiger partial charge in [0.25, 0.3) is 0 Å². The Balaban J connectivity index is 1.48. The van der Waals surface area contributed by atoms with Crippen LogP contribution < -0.4 is 10.2 Å². The molecule has 132 valence electrons. The predicted octanol–water partition coefficient (Wildman–Crippen LogP) is 2.22. The van der Waals surface area contributed by atoms with Crippen molar-refractivity contribution in [2.45, 2.75) is 19.5 Å². The quantitative estimate of drug-likeness (QED) is 0.877. The van der Waals surface area contributed by atoms with Gasteiger partial charge in [0.05, 0.1) is 6.04 Å². The molecule has 0 radical (unpaired) electrons. The molecule has 3 rings (SSSR count). The number of amides is 1. The molecule has 0 aromatic heterocycles. The second-order valence-corrected chi connectivity index (χ2v) is 6.42. The summed E-state index contributed by atoms with van der Waals surface area (Å²) in [5.74, 6) is 0.355. The Bertz CT molecular complexity index is 680. The zero-order chi connectivity index (χ0) is 17.6. The largest absolute Gasteiger partial charge is 0.508 e. The van der Waals surface area contributed by atoms with Crippen molar-refractivity contribution in [2.24, 2.45) is 0 Å². The maximum atomic E-state index is 12.4. The second kappa shape index (κ2) is 8.03. The van der Waals surface area contributed by atoms with Gasteiger partial charge in [0.1, 0.15) is 5.75 Å². The first kappa shape index (κ1) is 17.3. The number of phenols is 1. The molecule has 5 nitrogen and oxygen atoms in total. The summed E-state index contributed by atoms with van der Waals surface area (Å²) in [6, 6.07) is 17.1. The number of anilines is 1. The lowest BCUT2D eigenvalue weighted by Gasteiger charge is -2.38. The van der Waals surface area contributed by atoms with Gasteiger partial charge in [-0.3, -0.25) is 9.69 Å². The molecule has 1 saturated heterocycles. The molecule has 2 aromatic carbocycles. The van der Waals surface area contributed by atoms with Crippen LogP contribution in [-0.2, 0) is 11.3 Å². The predicted molar refractivity (Wildman–Crippen MR) is 99.6 cm³/mol. The lowest BCUT2D eigenvalue weighted by molar-refractivity contribution is -0.126. The summed E-state index contributed by atoms with van der Waals surface area (Å²) in [7, 11) is 0. The van der Waals surface area contributed by atoms with Gasteiger partial charge < -0.3 is 15.3 Å². The highest BCUT2D eigenvalue weighted by molar-refractivity contribution is 5.81. The number of carbonyl (C=O) groups excluding carboxylic acids is 1. The number of piperazine rings is 1. The van der Waals surface area contributed by atoms with Gasteiger partial charge in [-0.05, 0) is 36.8 Å². The molecule has 1 aliphatic rings. The summed E-state index contributed by atoms with van der Waals surface area (Å²) < 4.78 is 0. The fourth-order valence-corrected chi connectivity index (χ4v) is 3.13. The van der Waals surface area contributed by atoms with E-state index in [1.54, 1.807) is 12.1 Å². The molecule has 25 heavy (non-hydrogen) atoms. The van der Waals surface area contributed by atoms with Gasteiger partial charge in [0.15, 0.2) is 0 Å². The fraction of sp³-hybridized carbons (Fsp3) is 0.350. The third-order valence-corrected chi connectivity index (χ3v) is 4.77. The van der Waals surface area contributed by atoms with E-state index in [1.807, 2.05) is 49.4 Å². The molecule has 0 saturated carbocycles. The molecular weight excluding hydrogens is 314 g/mol. The summed E-state index contributed by atoms with van der Waals surface area (Å²) in [4.78, 5) is 16.9. The van der Waals surface area contributed by atoms with Crippen molar-refractivity contribution < 1.29 is 9.90 Å². The summed E-state index contributed by atoms with van der Waals surface area (Å²) in [6.07, 6.45) is 0. The molecule has 1 heterocycles. The third kappa shape index (κ3) is 4.51. The second-order valence-electron chi connectivity index (χ2n) is 6.42. The van der Waals surface area contributed by atoms with Crippen molar-refractivity contribution in [3.05, 3.63) is 60.2 Å². The number of aromatic hydroxyl groups is 1. The molecule has 1 fully saturated rings. The van der Waals surface area contributed by atoms with E-state index in [4.69, 9.17) is 0 Å². The highest BCUT2D eigenvalue weighted by atomic mass is 16.3. The van der Waals surface area contributed by atoms with Crippen LogP contribution in [0.25, 0.3) is 0 Å². The lowest BCUT2D eigenvalue weighted by Crippen LogP contribution is -2.53. The van der Waals surface area contributed by atoms with Crippen LogP contribution in [0, 0.1) is 0 Å². The van der Waals surface area contributed by atoms with E-state index in [0.29, 0.717) is 6.54 Å². The summed E-state index contributed by atoms with van der Waals surface area (Å²) in [5.41, 5.74) is 2.22. The number of rotatable bonds is 5. The van der Waals surface area contributed by atoms with E-state index in [1.165, 1.54) is 0 Å². The van der Waals surface area contributed by atoms with Crippen LogP contribution >= 0.6 is 0 Å². The Labute approximate surface area is 148 Å². The summed E-state index contributed by atoms with van der Waals surface area (Å²) >= 11 is 0. The van der Waals surface area contributed by atoms with Crippen LogP contribution in [0.3, 0.4) is 0 Å². The molecule has 2 aromatic rings. The molecule has 1 unspecified atom stereocenters. The lowest BCUT2D eigenvalue weighted by atomic mass is 10.2. The SMILES string of the molecule is CC(C(=O)NCc1ccccc1)N1CCN(c2ccc(O)cc2)CC1. The van der Waals surface area contributed by atoms with Crippen LogP contribution in [0.2, 0.25) is 0 Å². The van der Waals surface area contributed by atoms with Gasteiger partial charge in [0, 0.05) is 38.4 Å². The Morgan fingerprint density at radius 1 is 1.04 bits per heavy atom. The first-order valence-electron chi connectivity index (χ1n) is 8.73. The van der Waals surface area contributed by atoms with Crippen molar-refractivity contribution in [2.75, 3.05) is 31.1 Å². The first-order chi connectivity index (χ1) is 12.1. The van der Waals surface area contributed by atoms with Crippen molar-refractivity contribution >= 4 is 11.6 Å². The molecule has 0 bridgehead atoms. The van der Waals surface area contributed by atoms with Gasteiger partial charge in [-0.2, -0.15) is 0 Å². The normalized spacial score (nSPS) is 16.4. The number of phenolic OH excluding ortho intramolecular Hbond substituents is 1. The van der Waals surface area contributed by atoms with E-state index in [0.717, 1.165) is 37.4 Å². The zero-order valence-corrected chi connectivity index (χ0v) is 14.6. The molecule has 1 aliphatic heterocycles. The summed E-state index contributed by atoms with van der Waals surface area (Å²) in [5, 5.41) is 12.4. The molecule has 0 aliphatic carbocycles. The van der Waals surface area contributed by atoms with E-state index >= 15 is 0 Å². The van der Waals surface area contributed by atoms with Crippen molar-refractivity contribution in [3.8, 4) is 5.75 Å². The number of benzene rings is 2. The molecule has 1 atom stereocenters. The number of hydrogen-bond acceptors (Lipinski definition) is 4. The fourth-order valence-electron chi connectivity index (χ4n) is 3.13. The minimum absolute atomic E-state index is 0.0712. The molecule has 2 N–H and O–H groups in total. The molecule has 0 spiro atoms. The van der Waals surface area contributed by atoms with Crippen molar-refractivity contribution in [1.29, 1.82) is 0 Å². The maximum Gasteiger partial charge on any atom is 0.237 e. The van der Waals surface area contributed by atoms with E-state index in [2.05, 4.69) is 15.1 Å². The smallest absolute Gasteiger partial charge is 0.237 e. The Kier molecular flexibility index (Phi) is 5.56. The van der Waals surface area contributed by atoms with Gasteiger partial charge >= 0.3 is 0 Å². The average molecular weight is 339 g/mol. The van der Waals surface area contributed by atoms with Crippen molar-refractivity contribution in [1.82, 2.24) is 10.2 Å². The minimum atomic E-state index is -0.134. The number of nitrogens with one attached hydrogen (secondary N) is 1. The molecular formula is C20H25N3O2. The minimum Gasteiger partial charge on any atom is -0.508 e. The van der Waals surface area contributed by atoms with E-state index < -0.39 is 0 Å². The van der Waals surface area contributed by atoms with Gasteiger partial charge in [-0.1, -0.05) is 30.3 Å². The van der Waals surface area contributed by atoms with Crippen LogP contribution in [0.1, 0.15) is 12.5 Å². The number of nitrogens with zero attached hydrogens (tertiary/aromatic N) is 2. The number of carbonyl (C=O) groups is 1. The van der Waals surface area contributed by atoms with Crippen LogP contribution in [0.4, 0.5) is 5.69 Å². The maximum absolute atomic E-state index is 12.4. The number of hydrogen-bond donors (Lipinski definition) is 2. The van der Waals surface area contributed by atoms with Gasteiger partial charge in [-0.25, -0.2) is 0 Å². The van der Waals surface area contributed by atoms with E-state index in [9.17, 15) is 9.90 Å². The van der Waals surface area contributed by atoms with Crippen LogP contribution in [0.15, 0.2) is 54.6 Å². The van der Waals surface area contributed by atoms with E-state index in [-0.39, 0.29) is 17.7 Å². The topological polar surface area (TPSA) is 55.8 Å². The molecule has 1 amide bonds. The first-order valence-corrected chi connectivity index (χ1v) is 8.73. The Hall–Kier alpha value is -2.53. The monoisotopic (exact) mass is 339 g/mol. The van der Waals surface area contributed by atoms with Gasteiger partial charge in [0.2, 0.25) is 5.91 Å². The standard InChI is InChI=1S/C20H25N3O2/c1-16(20(25)21-15-17-5-3-2-4-6-17)22-11-13-23(14-12-22)18-7-9-19(24)10-8-18/h2-10,16,24H,11-15H2,1H3,(H,21,25).